The third-order valence-electron chi connectivity index (χ3n) is 3.13. The van der Waals surface area contributed by atoms with Crippen molar-refractivity contribution in [3.63, 3.8) is 0 Å². The predicted octanol–water partition coefficient (Wildman–Crippen LogP) is 3.06. The summed E-state index contributed by atoms with van der Waals surface area (Å²) >= 11 is 0. The Morgan fingerprint density at radius 2 is 2.25 bits per heavy atom. The quantitative estimate of drug-likeness (QED) is 0.502. The van der Waals surface area contributed by atoms with E-state index in [9.17, 15) is 0 Å². The molecule has 1 atom stereocenters. The van der Waals surface area contributed by atoms with Gasteiger partial charge in [-0.05, 0) is 45.4 Å². The molecule has 1 aliphatic heterocycles. The molecule has 0 aromatic heterocycles. The average Bonchev–Trinajstić information content (AvgIpc) is 2.05. The van der Waals surface area contributed by atoms with E-state index in [1.165, 1.54) is 44.1 Å². The minimum atomic E-state index is 0.261. The highest BCUT2D eigenvalue weighted by Crippen LogP contribution is 2.38. The Balaban J connectivity index is 2.05. The molecule has 0 saturated carbocycles. The summed E-state index contributed by atoms with van der Waals surface area (Å²) in [5.74, 6) is 0. The molecule has 2 rings (SSSR count). The molecule has 0 aromatic carbocycles. The number of hydrogen-bond donors (Lipinski definition) is 0. The zero-order valence-electron chi connectivity index (χ0n) is 7.94. The van der Waals surface area contributed by atoms with Crippen LogP contribution in [0.5, 0.6) is 0 Å². The van der Waals surface area contributed by atoms with Gasteiger partial charge < -0.3 is 4.74 Å². The molecule has 0 amide bonds. The van der Waals surface area contributed by atoms with Crippen molar-refractivity contribution < 1.29 is 4.74 Å². The summed E-state index contributed by atoms with van der Waals surface area (Å²) in [6.45, 7) is 3.23. The zero-order chi connectivity index (χ0) is 8.44. The Bertz CT molecular complexity index is 187. The lowest BCUT2D eigenvalue weighted by molar-refractivity contribution is -0.0850. The van der Waals surface area contributed by atoms with Crippen LogP contribution >= 0.6 is 0 Å². The predicted molar refractivity (Wildman–Crippen MR) is 50.1 cm³/mol. The van der Waals surface area contributed by atoms with E-state index in [1.807, 2.05) is 0 Å². The summed E-state index contributed by atoms with van der Waals surface area (Å²) in [5, 5.41) is 0. The van der Waals surface area contributed by atoms with Crippen molar-refractivity contribution in [3.8, 4) is 0 Å². The van der Waals surface area contributed by atoms with Gasteiger partial charge in [0.05, 0.1) is 5.60 Å². The molecule has 1 aliphatic carbocycles. The highest BCUT2D eigenvalue weighted by atomic mass is 16.5. The molecule has 1 nitrogen and oxygen atoms in total. The molecule has 1 heteroatoms. The maximum atomic E-state index is 5.94. The van der Waals surface area contributed by atoms with E-state index < -0.39 is 0 Å². The van der Waals surface area contributed by atoms with Gasteiger partial charge in [-0.1, -0.05) is 11.6 Å². The van der Waals surface area contributed by atoms with Crippen LogP contribution in [0.4, 0.5) is 0 Å². The van der Waals surface area contributed by atoms with Crippen molar-refractivity contribution in [2.45, 2.75) is 51.0 Å². The van der Waals surface area contributed by atoms with Gasteiger partial charge in [-0.3, -0.25) is 0 Å². The van der Waals surface area contributed by atoms with Crippen molar-refractivity contribution in [2.24, 2.45) is 0 Å². The van der Waals surface area contributed by atoms with Crippen LogP contribution in [0, 0.1) is 0 Å². The molecule has 68 valence electrons. The van der Waals surface area contributed by atoms with E-state index >= 15 is 0 Å². The second-order valence-corrected chi connectivity index (χ2v) is 4.25. The van der Waals surface area contributed by atoms with Gasteiger partial charge in [0.1, 0.15) is 0 Å². The third-order valence-corrected chi connectivity index (χ3v) is 3.13. The van der Waals surface area contributed by atoms with Gasteiger partial charge in [0.15, 0.2) is 0 Å². The molecule has 12 heavy (non-hydrogen) atoms. The molecule has 1 fully saturated rings. The van der Waals surface area contributed by atoms with E-state index in [2.05, 4.69) is 13.0 Å². The minimum absolute atomic E-state index is 0.261. The van der Waals surface area contributed by atoms with Crippen molar-refractivity contribution in [1.82, 2.24) is 0 Å². The zero-order valence-corrected chi connectivity index (χ0v) is 7.94. The fourth-order valence-electron chi connectivity index (χ4n) is 2.50. The lowest BCUT2D eigenvalue weighted by atomic mass is 9.80. The Labute approximate surface area is 74.8 Å². The van der Waals surface area contributed by atoms with Gasteiger partial charge in [0, 0.05) is 6.61 Å². The first-order valence-corrected chi connectivity index (χ1v) is 5.10. The maximum absolute atomic E-state index is 5.94. The first-order valence-electron chi connectivity index (χ1n) is 5.10. The van der Waals surface area contributed by atoms with Crippen LogP contribution in [0.15, 0.2) is 11.6 Å². The lowest BCUT2D eigenvalue weighted by Gasteiger charge is -2.39. The molecule has 1 heterocycles. The SMILES string of the molecule is CC1=CCC[C@@]2(CCCCO2)C1. The number of ether oxygens (including phenoxy) is 1. The summed E-state index contributed by atoms with van der Waals surface area (Å²) < 4.78 is 5.94. The fourth-order valence-corrected chi connectivity index (χ4v) is 2.50. The van der Waals surface area contributed by atoms with Gasteiger partial charge in [0.25, 0.3) is 0 Å². The van der Waals surface area contributed by atoms with Gasteiger partial charge in [0.2, 0.25) is 0 Å². The van der Waals surface area contributed by atoms with Crippen molar-refractivity contribution in [2.75, 3.05) is 6.61 Å². The Morgan fingerprint density at radius 1 is 1.33 bits per heavy atom. The van der Waals surface area contributed by atoms with Gasteiger partial charge in [-0.15, -0.1) is 0 Å². The Morgan fingerprint density at radius 3 is 2.92 bits per heavy atom. The number of hydrogen-bond acceptors (Lipinski definition) is 1. The number of rotatable bonds is 0. The molecule has 0 N–H and O–H groups in total. The molecule has 0 bridgehead atoms. The Kier molecular flexibility index (Phi) is 2.22. The molecule has 0 unspecified atom stereocenters. The van der Waals surface area contributed by atoms with Crippen molar-refractivity contribution >= 4 is 0 Å². The van der Waals surface area contributed by atoms with Gasteiger partial charge in [-0.25, -0.2) is 0 Å². The molecule has 2 aliphatic rings. The van der Waals surface area contributed by atoms with E-state index in [1.54, 1.807) is 0 Å². The summed E-state index contributed by atoms with van der Waals surface area (Å²) in [5.41, 5.74) is 1.79. The molecule has 0 aromatic rings. The van der Waals surface area contributed by atoms with E-state index in [0.717, 1.165) is 6.61 Å². The van der Waals surface area contributed by atoms with E-state index in [4.69, 9.17) is 4.74 Å². The molecule has 1 spiro atoms. The molecule has 1 saturated heterocycles. The highest BCUT2D eigenvalue weighted by Gasteiger charge is 2.34. The summed E-state index contributed by atoms with van der Waals surface area (Å²) in [7, 11) is 0. The van der Waals surface area contributed by atoms with Crippen LogP contribution in [-0.4, -0.2) is 12.2 Å². The summed E-state index contributed by atoms with van der Waals surface area (Å²) in [4.78, 5) is 0. The minimum Gasteiger partial charge on any atom is -0.375 e. The maximum Gasteiger partial charge on any atom is 0.0722 e. The third kappa shape index (κ3) is 1.56. The second kappa shape index (κ2) is 3.21. The summed E-state index contributed by atoms with van der Waals surface area (Å²) in [6.07, 6.45) is 9.96. The summed E-state index contributed by atoms with van der Waals surface area (Å²) in [6, 6.07) is 0. The smallest absolute Gasteiger partial charge is 0.0722 e. The van der Waals surface area contributed by atoms with Crippen LogP contribution in [-0.2, 0) is 4.74 Å². The monoisotopic (exact) mass is 166 g/mol. The van der Waals surface area contributed by atoms with Crippen LogP contribution in [0.3, 0.4) is 0 Å². The fraction of sp³-hybridized carbons (Fsp3) is 0.818. The van der Waals surface area contributed by atoms with Gasteiger partial charge >= 0.3 is 0 Å². The standard InChI is InChI=1S/C11H18O/c1-10-5-4-7-11(9-10)6-2-3-8-12-11/h5H,2-4,6-9H2,1H3/t11-/m0/s1. The van der Waals surface area contributed by atoms with Gasteiger partial charge in [-0.2, -0.15) is 0 Å². The lowest BCUT2D eigenvalue weighted by Crippen LogP contribution is -2.37. The normalized spacial score (nSPS) is 36.6. The van der Waals surface area contributed by atoms with Crippen LogP contribution in [0.2, 0.25) is 0 Å². The topological polar surface area (TPSA) is 9.23 Å². The molecular weight excluding hydrogens is 148 g/mol. The Hall–Kier alpha value is -0.300. The van der Waals surface area contributed by atoms with Crippen LogP contribution < -0.4 is 0 Å². The largest absolute Gasteiger partial charge is 0.375 e. The number of allylic oxidation sites excluding steroid dienone is 1. The second-order valence-electron chi connectivity index (χ2n) is 4.25. The van der Waals surface area contributed by atoms with Crippen molar-refractivity contribution in [3.05, 3.63) is 11.6 Å². The first kappa shape index (κ1) is 8.31. The van der Waals surface area contributed by atoms with E-state index in [0.29, 0.717) is 0 Å². The van der Waals surface area contributed by atoms with Crippen LogP contribution in [0.25, 0.3) is 0 Å². The van der Waals surface area contributed by atoms with Crippen LogP contribution in [0.1, 0.15) is 45.4 Å². The van der Waals surface area contributed by atoms with E-state index in [-0.39, 0.29) is 5.60 Å². The highest BCUT2D eigenvalue weighted by molar-refractivity contribution is 5.09. The first-order chi connectivity index (χ1) is 5.81. The van der Waals surface area contributed by atoms with Crippen molar-refractivity contribution in [1.29, 1.82) is 0 Å². The molecular formula is C11H18O. The average molecular weight is 166 g/mol. The molecule has 0 radical (unpaired) electrons.